The van der Waals surface area contributed by atoms with Gasteiger partial charge in [0.25, 0.3) is 0 Å². The fourth-order valence-corrected chi connectivity index (χ4v) is 1.42. The van der Waals surface area contributed by atoms with Crippen LogP contribution in [-0.2, 0) is 6.42 Å². The summed E-state index contributed by atoms with van der Waals surface area (Å²) in [6.45, 7) is 8.15. The third-order valence-electron chi connectivity index (χ3n) is 2.18. The molecule has 0 aliphatic heterocycles. The van der Waals surface area contributed by atoms with Crippen molar-refractivity contribution in [2.24, 2.45) is 0 Å². The number of ether oxygens (including phenoxy) is 2. The van der Waals surface area contributed by atoms with Crippen molar-refractivity contribution < 1.29 is 9.47 Å². The summed E-state index contributed by atoms with van der Waals surface area (Å²) in [6.07, 6.45) is 0.980. The number of rotatable bonds is 3. The molecule has 0 bridgehead atoms. The lowest BCUT2D eigenvalue weighted by Gasteiger charge is -2.11. The van der Waals surface area contributed by atoms with Crippen LogP contribution in [-0.4, -0.2) is 14.2 Å². The molecule has 2 nitrogen and oxygen atoms in total. The maximum absolute atomic E-state index is 5.25. The van der Waals surface area contributed by atoms with Gasteiger partial charge >= 0.3 is 0 Å². The Balaban J connectivity index is 0.000000921. The second-order valence-corrected chi connectivity index (χ2v) is 2.99. The molecule has 2 heteroatoms. The van der Waals surface area contributed by atoms with Crippen molar-refractivity contribution in [2.75, 3.05) is 14.2 Å². The Hall–Kier alpha value is -1.18. The van der Waals surface area contributed by atoms with Gasteiger partial charge in [-0.25, -0.2) is 0 Å². The van der Waals surface area contributed by atoms with Gasteiger partial charge in [-0.2, -0.15) is 0 Å². The lowest BCUT2D eigenvalue weighted by Crippen LogP contribution is -1.94. The van der Waals surface area contributed by atoms with E-state index in [1.54, 1.807) is 14.2 Å². The van der Waals surface area contributed by atoms with E-state index in [1.165, 1.54) is 5.56 Å². The summed E-state index contributed by atoms with van der Waals surface area (Å²) in [5.41, 5.74) is 2.38. The monoisotopic (exact) mass is 210 g/mol. The topological polar surface area (TPSA) is 18.5 Å². The van der Waals surface area contributed by atoms with Gasteiger partial charge in [-0.15, -0.1) is 0 Å². The molecular formula is C13H22O2. The largest absolute Gasteiger partial charge is 0.496 e. The molecule has 0 amide bonds. The van der Waals surface area contributed by atoms with Gasteiger partial charge in [0.05, 0.1) is 14.2 Å². The molecule has 0 fully saturated rings. The van der Waals surface area contributed by atoms with Crippen LogP contribution in [0.3, 0.4) is 0 Å². The average Bonchev–Trinajstić information content (AvgIpc) is 2.31. The van der Waals surface area contributed by atoms with Crippen LogP contribution >= 0.6 is 0 Å². The molecule has 0 aliphatic carbocycles. The summed E-state index contributed by atoms with van der Waals surface area (Å²) in [7, 11) is 3.36. The van der Waals surface area contributed by atoms with Crippen molar-refractivity contribution in [2.45, 2.75) is 34.1 Å². The molecule has 0 atom stereocenters. The highest BCUT2D eigenvalue weighted by Crippen LogP contribution is 2.28. The second kappa shape index (κ2) is 7.16. The lowest BCUT2D eigenvalue weighted by molar-refractivity contribution is 0.389. The molecule has 0 spiro atoms. The maximum atomic E-state index is 5.25. The molecule has 1 aromatic carbocycles. The normalized spacial score (nSPS) is 8.93. The van der Waals surface area contributed by atoms with Crippen molar-refractivity contribution in [3.05, 3.63) is 23.3 Å². The minimum absolute atomic E-state index is 0.883. The zero-order valence-electron chi connectivity index (χ0n) is 10.7. The van der Waals surface area contributed by atoms with E-state index in [9.17, 15) is 0 Å². The standard InChI is InChI=1S/C11H16O2.C2H6/c1-5-9-6-8(2)10(12-3)7-11(9)13-4;1-2/h6-7H,5H2,1-4H3;1-2H3. The number of hydrogen-bond donors (Lipinski definition) is 0. The van der Waals surface area contributed by atoms with Crippen LogP contribution in [0.1, 0.15) is 31.9 Å². The predicted octanol–water partition coefficient (Wildman–Crippen LogP) is 3.60. The van der Waals surface area contributed by atoms with Crippen molar-refractivity contribution in [1.82, 2.24) is 0 Å². The average molecular weight is 210 g/mol. The fraction of sp³-hybridized carbons (Fsp3) is 0.538. The zero-order chi connectivity index (χ0) is 11.8. The molecule has 86 valence electrons. The molecule has 1 rings (SSSR count). The second-order valence-electron chi connectivity index (χ2n) is 2.99. The van der Waals surface area contributed by atoms with E-state index in [1.807, 2.05) is 26.8 Å². The molecule has 1 aromatic rings. The molecule has 0 aromatic heterocycles. The van der Waals surface area contributed by atoms with Crippen LogP contribution in [0.15, 0.2) is 12.1 Å². The molecule has 0 saturated carbocycles. The van der Waals surface area contributed by atoms with Crippen LogP contribution < -0.4 is 9.47 Å². The fourth-order valence-electron chi connectivity index (χ4n) is 1.42. The summed E-state index contributed by atoms with van der Waals surface area (Å²) in [5.74, 6) is 1.79. The number of benzene rings is 1. The number of methoxy groups -OCH3 is 2. The van der Waals surface area contributed by atoms with Gasteiger partial charge in [-0.05, 0) is 30.5 Å². The Kier molecular flexibility index (Phi) is 6.59. The van der Waals surface area contributed by atoms with Gasteiger partial charge in [-0.1, -0.05) is 20.8 Å². The third-order valence-corrected chi connectivity index (χ3v) is 2.18. The molecule has 0 unspecified atom stereocenters. The van der Waals surface area contributed by atoms with E-state index in [0.717, 1.165) is 23.5 Å². The molecule has 0 saturated heterocycles. The summed E-state index contributed by atoms with van der Waals surface area (Å²) < 4.78 is 10.5. The Morgan fingerprint density at radius 1 is 1.00 bits per heavy atom. The van der Waals surface area contributed by atoms with Crippen molar-refractivity contribution in [3.63, 3.8) is 0 Å². The first-order valence-corrected chi connectivity index (χ1v) is 5.44. The van der Waals surface area contributed by atoms with Crippen molar-refractivity contribution >= 4 is 0 Å². The van der Waals surface area contributed by atoms with E-state index >= 15 is 0 Å². The number of aryl methyl sites for hydroxylation is 2. The highest BCUT2D eigenvalue weighted by molar-refractivity contribution is 5.45. The van der Waals surface area contributed by atoms with Gasteiger partial charge in [0.15, 0.2) is 0 Å². The van der Waals surface area contributed by atoms with E-state index in [2.05, 4.69) is 13.0 Å². The Labute approximate surface area is 93.2 Å². The van der Waals surface area contributed by atoms with Crippen molar-refractivity contribution in [3.8, 4) is 11.5 Å². The summed E-state index contributed by atoms with van der Waals surface area (Å²) in [6, 6.07) is 4.05. The van der Waals surface area contributed by atoms with E-state index in [0.29, 0.717) is 0 Å². The summed E-state index contributed by atoms with van der Waals surface area (Å²) in [4.78, 5) is 0. The van der Waals surface area contributed by atoms with Crippen LogP contribution in [0.2, 0.25) is 0 Å². The molecule has 0 radical (unpaired) electrons. The highest BCUT2D eigenvalue weighted by atomic mass is 16.5. The minimum Gasteiger partial charge on any atom is -0.496 e. The molecule has 15 heavy (non-hydrogen) atoms. The van der Waals surface area contributed by atoms with Crippen LogP contribution in [0.25, 0.3) is 0 Å². The van der Waals surface area contributed by atoms with Gasteiger partial charge in [0, 0.05) is 6.07 Å². The molecule has 0 heterocycles. The Morgan fingerprint density at radius 3 is 1.93 bits per heavy atom. The van der Waals surface area contributed by atoms with Gasteiger partial charge < -0.3 is 9.47 Å². The van der Waals surface area contributed by atoms with Crippen LogP contribution in [0.5, 0.6) is 11.5 Å². The lowest BCUT2D eigenvalue weighted by atomic mass is 10.1. The van der Waals surface area contributed by atoms with Gasteiger partial charge in [0.1, 0.15) is 11.5 Å². The zero-order valence-corrected chi connectivity index (χ0v) is 10.7. The van der Waals surface area contributed by atoms with Crippen LogP contribution in [0.4, 0.5) is 0 Å². The van der Waals surface area contributed by atoms with E-state index < -0.39 is 0 Å². The maximum Gasteiger partial charge on any atom is 0.125 e. The van der Waals surface area contributed by atoms with Gasteiger partial charge in [0.2, 0.25) is 0 Å². The Morgan fingerprint density at radius 2 is 1.53 bits per heavy atom. The van der Waals surface area contributed by atoms with Crippen LogP contribution in [0, 0.1) is 6.92 Å². The quantitative estimate of drug-likeness (QED) is 0.759. The predicted molar refractivity (Wildman–Crippen MR) is 65.0 cm³/mol. The van der Waals surface area contributed by atoms with Gasteiger partial charge in [-0.3, -0.25) is 0 Å². The van der Waals surface area contributed by atoms with E-state index in [-0.39, 0.29) is 0 Å². The van der Waals surface area contributed by atoms with E-state index in [4.69, 9.17) is 9.47 Å². The summed E-state index contributed by atoms with van der Waals surface area (Å²) >= 11 is 0. The summed E-state index contributed by atoms with van der Waals surface area (Å²) in [5, 5.41) is 0. The first-order chi connectivity index (χ1) is 7.22. The minimum atomic E-state index is 0.883. The molecule has 0 aliphatic rings. The molecule has 0 N–H and O–H groups in total. The number of hydrogen-bond acceptors (Lipinski definition) is 2. The molecular weight excluding hydrogens is 188 g/mol. The smallest absolute Gasteiger partial charge is 0.125 e. The third kappa shape index (κ3) is 3.46. The first-order valence-electron chi connectivity index (χ1n) is 5.44. The highest BCUT2D eigenvalue weighted by Gasteiger charge is 2.06. The van der Waals surface area contributed by atoms with Crippen molar-refractivity contribution in [1.29, 1.82) is 0 Å². The Bertz CT molecular complexity index is 293. The first kappa shape index (κ1) is 13.8. The SMILES string of the molecule is CC.CCc1cc(C)c(OC)cc1OC.